The number of carbonyl (C=O) groups is 1. The van der Waals surface area contributed by atoms with Gasteiger partial charge < -0.3 is 5.11 Å². The molecule has 0 radical (unpaired) electrons. The number of carboxylic acids is 1. The lowest BCUT2D eigenvalue weighted by molar-refractivity contribution is -0.136. The van der Waals surface area contributed by atoms with Gasteiger partial charge in [0.1, 0.15) is 11.5 Å². The van der Waals surface area contributed by atoms with E-state index in [9.17, 15) is 13.6 Å². The predicted octanol–water partition coefficient (Wildman–Crippen LogP) is 1.94. The first kappa shape index (κ1) is 12.6. The Bertz CT molecular complexity index is 592. The summed E-state index contributed by atoms with van der Waals surface area (Å²) >= 11 is 3.01. The molecule has 2 aromatic rings. The fraction of sp³-hybridized carbons (Fsp3) is 0.100. The number of hydrogen-bond donors (Lipinski definition) is 1. The zero-order valence-electron chi connectivity index (χ0n) is 8.77. The number of aliphatic carboxylic acids is 1. The summed E-state index contributed by atoms with van der Waals surface area (Å²) in [5, 5.41) is 15.8. The van der Waals surface area contributed by atoms with E-state index in [0.717, 1.165) is 10.7 Å². The Balaban J connectivity index is 2.43. The highest BCUT2D eigenvalue weighted by Crippen LogP contribution is 2.24. The van der Waals surface area contributed by atoms with Gasteiger partial charge in [0.25, 0.3) is 0 Å². The Morgan fingerprint density at radius 3 is 2.78 bits per heavy atom. The predicted molar refractivity (Wildman–Crippen MR) is 60.3 cm³/mol. The first-order chi connectivity index (χ1) is 8.47. The summed E-state index contributed by atoms with van der Waals surface area (Å²) in [6, 6.07) is 1.79. The van der Waals surface area contributed by atoms with Crippen molar-refractivity contribution in [2.24, 2.45) is 0 Å². The molecule has 8 heteroatoms. The lowest BCUT2D eigenvalue weighted by Crippen LogP contribution is -2.01. The highest BCUT2D eigenvalue weighted by atomic mass is 79.9. The lowest BCUT2D eigenvalue weighted by atomic mass is 10.3. The maximum Gasteiger partial charge on any atom is 0.309 e. The van der Waals surface area contributed by atoms with E-state index in [0.29, 0.717) is 6.07 Å². The van der Waals surface area contributed by atoms with Crippen LogP contribution in [0, 0.1) is 11.6 Å². The Hall–Kier alpha value is -1.83. The summed E-state index contributed by atoms with van der Waals surface area (Å²) in [7, 11) is 0. The largest absolute Gasteiger partial charge is 0.481 e. The van der Waals surface area contributed by atoms with Crippen LogP contribution in [0.15, 0.2) is 22.8 Å². The van der Waals surface area contributed by atoms with Crippen LogP contribution in [0.4, 0.5) is 8.78 Å². The summed E-state index contributed by atoms with van der Waals surface area (Å²) in [6.45, 7) is 0. The molecule has 1 aromatic heterocycles. The summed E-state index contributed by atoms with van der Waals surface area (Å²) < 4.78 is 27.7. The van der Waals surface area contributed by atoms with Crippen LogP contribution in [0.3, 0.4) is 0 Å². The van der Waals surface area contributed by atoms with Crippen LogP contribution in [0.5, 0.6) is 0 Å². The maximum atomic E-state index is 13.6. The van der Waals surface area contributed by atoms with Gasteiger partial charge in [-0.15, -0.1) is 5.10 Å². The van der Waals surface area contributed by atoms with Crippen LogP contribution in [0.25, 0.3) is 5.69 Å². The average Bonchev–Trinajstić information content (AvgIpc) is 2.63. The van der Waals surface area contributed by atoms with Gasteiger partial charge in [0.2, 0.25) is 0 Å². The zero-order valence-corrected chi connectivity index (χ0v) is 10.4. The van der Waals surface area contributed by atoms with Gasteiger partial charge in [-0.1, -0.05) is 5.21 Å². The minimum atomic E-state index is -1.07. The van der Waals surface area contributed by atoms with Crippen molar-refractivity contribution in [2.75, 3.05) is 0 Å². The second-order valence-corrected chi connectivity index (χ2v) is 4.30. The van der Waals surface area contributed by atoms with Crippen LogP contribution in [-0.2, 0) is 11.2 Å². The molecule has 94 valence electrons. The highest BCUT2D eigenvalue weighted by Gasteiger charge is 2.14. The quantitative estimate of drug-likeness (QED) is 0.939. The van der Waals surface area contributed by atoms with Crippen molar-refractivity contribution in [3.63, 3.8) is 0 Å². The van der Waals surface area contributed by atoms with Crippen molar-refractivity contribution < 1.29 is 18.7 Å². The lowest BCUT2D eigenvalue weighted by Gasteiger charge is -2.04. The fourth-order valence-electron chi connectivity index (χ4n) is 1.40. The van der Waals surface area contributed by atoms with E-state index in [4.69, 9.17) is 5.11 Å². The molecule has 0 aliphatic rings. The molecule has 1 heterocycles. The summed E-state index contributed by atoms with van der Waals surface area (Å²) in [6.07, 6.45) is 0.954. The van der Waals surface area contributed by atoms with Crippen LogP contribution < -0.4 is 0 Å². The Morgan fingerprint density at radius 1 is 1.44 bits per heavy atom. The second kappa shape index (κ2) is 4.81. The average molecular weight is 318 g/mol. The normalized spacial score (nSPS) is 10.6. The van der Waals surface area contributed by atoms with E-state index in [1.165, 1.54) is 6.20 Å². The highest BCUT2D eigenvalue weighted by molar-refractivity contribution is 9.10. The van der Waals surface area contributed by atoms with Crippen molar-refractivity contribution in [3.05, 3.63) is 40.1 Å². The Morgan fingerprint density at radius 2 is 2.17 bits per heavy atom. The first-order valence-electron chi connectivity index (χ1n) is 4.75. The van der Waals surface area contributed by atoms with Crippen LogP contribution in [0.1, 0.15) is 5.69 Å². The van der Waals surface area contributed by atoms with Crippen LogP contribution in [-0.4, -0.2) is 26.1 Å². The smallest absolute Gasteiger partial charge is 0.309 e. The molecule has 0 atom stereocenters. The monoisotopic (exact) mass is 317 g/mol. The number of carboxylic acid groups (broad SMARTS) is 1. The Labute approximate surface area is 108 Å². The van der Waals surface area contributed by atoms with E-state index >= 15 is 0 Å². The number of hydrogen-bond acceptors (Lipinski definition) is 3. The molecule has 2 rings (SSSR count). The molecule has 1 aromatic carbocycles. The summed E-state index contributed by atoms with van der Waals surface area (Å²) in [5.74, 6) is -2.62. The van der Waals surface area contributed by atoms with Crippen molar-refractivity contribution >= 4 is 21.9 Å². The number of aromatic nitrogens is 3. The van der Waals surface area contributed by atoms with E-state index < -0.39 is 17.6 Å². The van der Waals surface area contributed by atoms with Crippen molar-refractivity contribution in [1.29, 1.82) is 0 Å². The number of benzene rings is 1. The molecule has 0 fully saturated rings. The molecule has 1 N–H and O–H groups in total. The molecule has 0 unspecified atom stereocenters. The van der Waals surface area contributed by atoms with Crippen LogP contribution >= 0.6 is 15.9 Å². The summed E-state index contributed by atoms with van der Waals surface area (Å²) in [4.78, 5) is 10.5. The fourth-order valence-corrected chi connectivity index (χ4v) is 1.99. The zero-order chi connectivity index (χ0) is 13.3. The van der Waals surface area contributed by atoms with Gasteiger partial charge in [0.15, 0.2) is 5.82 Å². The van der Waals surface area contributed by atoms with Crippen molar-refractivity contribution in [1.82, 2.24) is 15.0 Å². The van der Waals surface area contributed by atoms with E-state index in [1.54, 1.807) is 0 Å². The van der Waals surface area contributed by atoms with E-state index in [-0.39, 0.29) is 22.3 Å². The van der Waals surface area contributed by atoms with Crippen molar-refractivity contribution in [3.8, 4) is 5.69 Å². The number of halogens is 3. The molecule has 0 saturated carbocycles. The minimum Gasteiger partial charge on any atom is -0.481 e. The third-order valence-electron chi connectivity index (χ3n) is 2.08. The van der Waals surface area contributed by atoms with Gasteiger partial charge in [0.05, 0.1) is 18.3 Å². The maximum absolute atomic E-state index is 13.6. The molecule has 0 aliphatic heterocycles. The van der Waals surface area contributed by atoms with Gasteiger partial charge in [-0.05, 0) is 22.0 Å². The molecular formula is C10H6BrF2N3O2. The van der Waals surface area contributed by atoms with Gasteiger partial charge in [0, 0.05) is 10.5 Å². The number of nitrogens with zero attached hydrogens (tertiary/aromatic N) is 3. The summed E-state index contributed by atoms with van der Waals surface area (Å²) in [5.41, 5.74) is 0.152. The molecule has 0 saturated heterocycles. The van der Waals surface area contributed by atoms with E-state index in [2.05, 4.69) is 26.2 Å². The van der Waals surface area contributed by atoms with Crippen LogP contribution in [0.2, 0.25) is 0 Å². The third kappa shape index (κ3) is 2.53. The molecule has 0 bridgehead atoms. The third-order valence-corrected chi connectivity index (χ3v) is 2.69. The van der Waals surface area contributed by atoms with Gasteiger partial charge in [-0.25, -0.2) is 13.5 Å². The number of rotatable bonds is 3. The van der Waals surface area contributed by atoms with E-state index in [1.807, 2.05) is 0 Å². The molecule has 18 heavy (non-hydrogen) atoms. The second-order valence-electron chi connectivity index (χ2n) is 3.44. The van der Waals surface area contributed by atoms with Crippen molar-refractivity contribution in [2.45, 2.75) is 6.42 Å². The molecule has 5 nitrogen and oxygen atoms in total. The molecular weight excluding hydrogens is 312 g/mol. The SMILES string of the molecule is O=C(O)Cc1cn(-c2c(F)cc(F)cc2Br)nn1. The molecule has 0 spiro atoms. The van der Waals surface area contributed by atoms with Gasteiger partial charge >= 0.3 is 5.97 Å². The Kier molecular flexibility index (Phi) is 3.37. The molecule has 0 amide bonds. The standard InChI is InChI=1S/C10H6BrF2N3O2/c11-7-1-5(12)2-8(13)10(7)16-4-6(14-15-16)3-9(17)18/h1-2,4H,3H2,(H,17,18). The van der Waals surface area contributed by atoms with Gasteiger partial charge in [-0.2, -0.15) is 0 Å². The first-order valence-corrected chi connectivity index (χ1v) is 5.54. The molecule has 0 aliphatic carbocycles. The van der Waals surface area contributed by atoms with Gasteiger partial charge in [-0.3, -0.25) is 4.79 Å². The minimum absolute atomic E-state index is 0.0273. The topological polar surface area (TPSA) is 68.0 Å².